The van der Waals surface area contributed by atoms with Crippen molar-refractivity contribution in [2.75, 3.05) is 0 Å². The molecule has 0 aliphatic heterocycles. The summed E-state index contributed by atoms with van der Waals surface area (Å²) in [4.78, 5) is 20.2. The Morgan fingerprint density at radius 2 is 2.09 bits per heavy atom. The Morgan fingerprint density at radius 3 is 2.36 bits per heavy atom. The number of carbonyl (C=O) groups excluding carboxylic acids is 2. The molecule has 0 aromatic rings. The van der Waals surface area contributed by atoms with Crippen molar-refractivity contribution in [2.24, 2.45) is 5.92 Å². The maximum absolute atomic E-state index is 12.5. The number of alkyl halides is 2. The lowest BCUT2D eigenvalue weighted by molar-refractivity contribution is -0.143. The van der Waals surface area contributed by atoms with Crippen LogP contribution < -0.4 is 0 Å². The molecule has 0 aromatic heterocycles. The van der Waals surface area contributed by atoms with Crippen LogP contribution in [0.5, 0.6) is 0 Å². The molecule has 0 radical (unpaired) electrons. The first-order chi connectivity index (χ1) is 4.90. The Morgan fingerprint density at radius 1 is 1.64 bits per heavy atom. The molecule has 1 unspecified atom stereocenters. The van der Waals surface area contributed by atoms with Crippen molar-refractivity contribution in [3.8, 4) is 0 Å². The van der Waals surface area contributed by atoms with Crippen molar-refractivity contribution in [3.05, 3.63) is 0 Å². The van der Waals surface area contributed by atoms with Crippen LogP contribution in [0.1, 0.15) is 20.3 Å². The first kappa shape index (κ1) is 10.2. The van der Waals surface area contributed by atoms with E-state index in [1.165, 1.54) is 6.92 Å². The van der Waals surface area contributed by atoms with Gasteiger partial charge in [-0.15, -0.1) is 0 Å². The van der Waals surface area contributed by atoms with Crippen LogP contribution in [0.2, 0.25) is 0 Å². The minimum absolute atomic E-state index is 0.414. The number of Topliss-reactive ketones (excluding diaryl/α,β-unsaturated/α-hetero) is 1. The highest BCUT2D eigenvalue weighted by molar-refractivity contribution is 5.83. The summed E-state index contributed by atoms with van der Waals surface area (Å²) in [5.41, 5.74) is 0. The molecular weight excluding hydrogens is 154 g/mol. The van der Waals surface area contributed by atoms with Gasteiger partial charge in [0.1, 0.15) is 6.29 Å². The zero-order chi connectivity index (χ0) is 9.07. The Labute approximate surface area is 63.6 Å². The largest absolute Gasteiger partial charge is 0.305 e. The highest BCUT2D eigenvalue weighted by Gasteiger charge is 2.36. The molecule has 0 amide bonds. The van der Waals surface area contributed by atoms with Crippen LogP contribution in [0.3, 0.4) is 0 Å². The second-order valence-corrected chi connectivity index (χ2v) is 2.58. The second-order valence-electron chi connectivity index (χ2n) is 2.58. The van der Waals surface area contributed by atoms with Gasteiger partial charge in [0.15, 0.2) is 5.78 Å². The zero-order valence-corrected chi connectivity index (χ0v) is 6.43. The molecule has 0 bridgehead atoms. The van der Waals surface area contributed by atoms with E-state index < -0.39 is 24.0 Å². The molecule has 0 aromatic carbocycles. The third-order valence-electron chi connectivity index (χ3n) is 1.33. The summed E-state index contributed by atoms with van der Waals surface area (Å²) < 4.78 is 25.0. The summed E-state index contributed by atoms with van der Waals surface area (Å²) in [5, 5.41) is 0. The highest BCUT2D eigenvalue weighted by atomic mass is 19.3. The lowest BCUT2D eigenvalue weighted by Crippen LogP contribution is -2.28. The van der Waals surface area contributed by atoms with Crippen molar-refractivity contribution in [3.63, 3.8) is 0 Å². The van der Waals surface area contributed by atoms with Crippen LogP contribution >= 0.6 is 0 Å². The van der Waals surface area contributed by atoms with Gasteiger partial charge in [0.05, 0.1) is 0 Å². The molecule has 64 valence electrons. The van der Waals surface area contributed by atoms with Gasteiger partial charge in [-0.3, -0.25) is 4.79 Å². The average molecular weight is 164 g/mol. The normalized spacial score (nSPS) is 14.2. The summed E-state index contributed by atoms with van der Waals surface area (Å²) in [5.74, 6) is -5.31. The fourth-order valence-corrected chi connectivity index (χ4v) is 0.596. The van der Waals surface area contributed by atoms with Crippen LogP contribution in [0.25, 0.3) is 0 Å². The quantitative estimate of drug-likeness (QED) is 0.589. The van der Waals surface area contributed by atoms with E-state index in [1.807, 2.05) is 0 Å². The highest BCUT2D eigenvalue weighted by Crippen LogP contribution is 2.23. The minimum Gasteiger partial charge on any atom is -0.303 e. The van der Waals surface area contributed by atoms with Gasteiger partial charge in [-0.1, -0.05) is 6.92 Å². The standard InChI is InChI=1S/C7H10F2O2/c1-5(4-10)3-7(8,9)6(2)11/h4-5H,3H2,1-2H3. The van der Waals surface area contributed by atoms with E-state index in [1.54, 1.807) is 0 Å². The molecule has 2 nitrogen and oxygen atoms in total. The van der Waals surface area contributed by atoms with Crippen LogP contribution in [0.4, 0.5) is 8.78 Å². The molecular formula is C7H10F2O2. The predicted octanol–water partition coefficient (Wildman–Crippen LogP) is 1.44. The van der Waals surface area contributed by atoms with Gasteiger partial charge < -0.3 is 4.79 Å². The van der Waals surface area contributed by atoms with Gasteiger partial charge in [-0.05, 0) is 0 Å². The Balaban J connectivity index is 4.11. The molecule has 0 saturated carbocycles. The van der Waals surface area contributed by atoms with E-state index in [2.05, 4.69) is 0 Å². The number of ketones is 1. The van der Waals surface area contributed by atoms with Crippen molar-refractivity contribution >= 4 is 12.1 Å². The summed E-state index contributed by atoms with van der Waals surface area (Å²) in [6.45, 7) is 2.17. The number of aldehydes is 1. The topological polar surface area (TPSA) is 34.1 Å². The lowest BCUT2D eigenvalue weighted by Gasteiger charge is -2.13. The minimum atomic E-state index is -3.35. The predicted molar refractivity (Wildman–Crippen MR) is 35.5 cm³/mol. The Bertz CT molecular complexity index is 166. The smallest absolute Gasteiger partial charge is 0.303 e. The van der Waals surface area contributed by atoms with Crippen LogP contribution in [-0.4, -0.2) is 18.0 Å². The van der Waals surface area contributed by atoms with E-state index in [4.69, 9.17) is 0 Å². The number of hydrogen-bond donors (Lipinski definition) is 0. The fourth-order valence-electron chi connectivity index (χ4n) is 0.596. The number of halogens is 2. The van der Waals surface area contributed by atoms with E-state index in [9.17, 15) is 18.4 Å². The molecule has 0 aliphatic carbocycles. The average Bonchev–Trinajstić information content (AvgIpc) is 1.86. The third-order valence-corrected chi connectivity index (χ3v) is 1.33. The van der Waals surface area contributed by atoms with Gasteiger partial charge in [0.25, 0.3) is 0 Å². The van der Waals surface area contributed by atoms with Gasteiger partial charge >= 0.3 is 5.92 Å². The van der Waals surface area contributed by atoms with Crippen LogP contribution in [-0.2, 0) is 9.59 Å². The van der Waals surface area contributed by atoms with Gasteiger partial charge in [-0.2, -0.15) is 8.78 Å². The first-order valence-electron chi connectivity index (χ1n) is 3.24. The van der Waals surface area contributed by atoms with Crippen LogP contribution in [0, 0.1) is 5.92 Å². The van der Waals surface area contributed by atoms with Crippen LogP contribution in [0.15, 0.2) is 0 Å². The second kappa shape index (κ2) is 3.55. The van der Waals surface area contributed by atoms with Gasteiger partial charge in [-0.25, -0.2) is 0 Å². The van der Waals surface area contributed by atoms with Gasteiger partial charge in [0.2, 0.25) is 0 Å². The molecule has 0 saturated heterocycles. The Kier molecular flexibility index (Phi) is 3.29. The Hall–Kier alpha value is -0.800. The molecule has 11 heavy (non-hydrogen) atoms. The molecule has 1 atom stereocenters. The van der Waals surface area contributed by atoms with Crippen molar-refractivity contribution in [1.29, 1.82) is 0 Å². The summed E-state index contributed by atoms with van der Waals surface area (Å²) >= 11 is 0. The maximum Gasteiger partial charge on any atom is 0.305 e. The molecule has 0 rings (SSSR count). The van der Waals surface area contributed by atoms with Crippen molar-refractivity contribution < 1.29 is 18.4 Å². The number of hydrogen-bond acceptors (Lipinski definition) is 2. The van der Waals surface area contributed by atoms with Crippen molar-refractivity contribution in [1.82, 2.24) is 0 Å². The monoisotopic (exact) mass is 164 g/mol. The molecule has 4 heteroatoms. The van der Waals surface area contributed by atoms with E-state index in [0.29, 0.717) is 6.29 Å². The summed E-state index contributed by atoms with van der Waals surface area (Å²) in [7, 11) is 0. The zero-order valence-electron chi connectivity index (χ0n) is 6.43. The molecule has 0 fully saturated rings. The molecule has 0 N–H and O–H groups in total. The summed E-state index contributed by atoms with van der Waals surface area (Å²) in [6, 6.07) is 0. The van der Waals surface area contributed by atoms with E-state index in [-0.39, 0.29) is 0 Å². The van der Waals surface area contributed by atoms with Crippen molar-refractivity contribution in [2.45, 2.75) is 26.2 Å². The molecule has 0 heterocycles. The lowest BCUT2D eigenvalue weighted by atomic mass is 10.0. The first-order valence-corrected chi connectivity index (χ1v) is 3.24. The molecule has 0 spiro atoms. The van der Waals surface area contributed by atoms with E-state index in [0.717, 1.165) is 6.92 Å². The van der Waals surface area contributed by atoms with Gasteiger partial charge in [0, 0.05) is 19.3 Å². The van der Waals surface area contributed by atoms with E-state index >= 15 is 0 Å². The SMILES string of the molecule is CC(=O)C(F)(F)CC(C)C=O. The maximum atomic E-state index is 12.5. The molecule has 0 aliphatic rings. The number of rotatable bonds is 4. The summed E-state index contributed by atoms with van der Waals surface area (Å²) in [6.07, 6.45) is -0.275. The fraction of sp³-hybridized carbons (Fsp3) is 0.714. The number of carbonyl (C=O) groups is 2. The third kappa shape index (κ3) is 3.20.